The van der Waals surface area contributed by atoms with Crippen molar-refractivity contribution in [2.75, 3.05) is 37.7 Å². The zero-order chi connectivity index (χ0) is 16.1. The summed E-state index contributed by atoms with van der Waals surface area (Å²) < 4.78 is 19.6. The quantitative estimate of drug-likeness (QED) is 0.851. The Labute approximate surface area is 139 Å². The molecule has 124 valence electrons. The van der Waals surface area contributed by atoms with Gasteiger partial charge in [-0.25, -0.2) is 4.39 Å². The van der Waals surface area contributed by atoms with Gasteiger partial charge in [-0.1, -0.05) is 6.07 Å². The molecule has 0 spiro atoms. The molecule has 0 amide bonds. The molecule has 3 rings (SSSR count). The van der Waals surface area contributed by atoms with Gasteiger partial charge < -0.3 is 20.1 Å². The summed E-state index contributed by atoms with van der Waals surface area (Å²) >= 11 is 1.56. The summed E-state index contributed by atoms with van der Waals surface area (Å²) in [6, 6.07) is 7.23. The molecule has 1 saturated heterocycles. The third-order valence-corrected chi connectivity index (χ3v) is 4.66. The Kier molecular flexibility index (Phi) is 5.61. The minimum Gasteiger partial charge on any atom is -0.387 e. The highest BCUT2D eigenvalue weighted by atomic mass is 32.1. The van der Waals surface area contributed by atoms with Gasteiger partial charge in [0.2, 0.25) is 0 Å². The highest BCUT2D eigenvalue weighted by Gasteiger charge is 2.15. The number of halogens is 1. The molecule has 1 aromatic carbocycles. The molecular weight excluding hydrogens is 315 g/mol. The third-order valence-electron chi connectivity index (χ3n) is 3.96. The van der Waals surface area contributed by atoms with E-state index in [2.05, 4.69) is 5.32 Å². The van der Waals surface area contributed by atoms with E-state index in [4.69, 9.17) is 4.74 Å². The van der Waals surface area contributed by atoms with E-state index in [1.54, 1.807) is 17.4 Å². The summed E-state index contributed by atoms with van der Waals surface area (Å²) in [6.07, 6.45) is -0.529. The molecule has 23 heavy (non-hydrogen) atoms. The molecule has 4 nitrogen and oxygen atoms in total. The van der Waals surface area contributed by atoms with Gasteiger partial charge in [-0.15, -0.1) is 0 Å². The van der Waals surface area contributed by atoms with Crippen LogP contribution in [0.25, 0.3) is 0 Å². The lowest BCUT2D eigenvalue weighted by Gasteiger charge is -2.29. The van der Waals surface area contributed by atoms with Crippen LogP contribution in [-0.4, -0.2) is 38.0 Å². The van der Waals surface area contributed by atoms with Crippen molar-refractivity contribution in [1.82, 2.24) is 5.32 Å². The van der Waals surface area contributed by atoms with Gasteiger partial charge >= 0.3 is 0 Å². The van der Waals surface area contributed by atoms with Crippen LogP contribution in [0.2, 0.25) is 0 Å². The number of ether oxygens (including phenoxy) is 1. The van der Waals surface area contributed by atoms with Crippen molar-refractivity contribution in [3.8, 4) is 0 Å². The summed E-state index contributed by atoms with van der Waals surface area (Å²) in [5, 5.41) is 17.1. The standard InChI is InChI=1S/C17H21FN2O2S/c18-15-9-13(1-2-16(15)20-4-6-22-7-5-20)10-19-11-17(21)14-3-8-23-12-14/h1-3,8-9,12,17,19,21H,4-7,10-11H2. The molecule has 2 N–H and O–H groups in total. The molecule has 1 aromatic heterocycles. The van der Waals surface area contributed by atoms with Crippen molar-refractivity contribution in [3.05, 3.63) is 52.0 Å². The van der Waals surface area contributed by atoms with E-state index in [9.17, 15) is 9.50 Å². The molecule has 0 aliphatic carbocycles. The van der Waals surface area contributed by atoms with Crippen LogP contribution in [0.3, 0.4) is 0 Å². The van der Waals surface area contributed by atoms with Crippen molar-refractivity contribution >= 4 is 17.0 Å². The SMILES string of the molecule is OC(CNCc1ccc(N2CCOCC2)c(F)c1)c1ccsc1. The van der Waals surface area contributed by atoms with E-state index in [1.165, 1.54) is 0 Å². The number of nitrogens with zero attached hydrogens (tertiary/aromatic N) is 1. The Hall–Kier alpha value is -1.47. The second-order valence-corrected chi connectivity index (χ2v) is 6.37. The molecule has 1 atom stereocenters. The fraction of sp³-hybridized carbons (Fsp3) is 0.412. The summed E-state index contributed by atoms with van der Waals surface area (Å²) in [4.78, 5) is 2.01. The summed E-state index contributed by atoms with van der Waals surface area (Å²) in [5.41, 5.74) is 2.42. The average Bonchev–Trinajstić information content (AvgIpc) is 3.10. The van der Waals surface area contributed by atoms with E-state index < -0.39 is 6.10 Å². The molecule has 1 fully saturated rings. The Bertz CT molecular complexity index is 615. The number of benzene rings is 1. The van der Waals surface area contributed by atoms with Crippen molar-refractivity contribution in [3.63, 3.8) is 0 Å². The van der Waals surface area contributed by atoms with Gasteiger partial charge in [0.05, 0.1) is 25.0 Å². The summed E-state index contributed by atoms with van der Waals surface area (Å²) in [5.74, 6) is -0.204. The third kappa shape index (κ3) is 4.29. The highest BCUT2D eigenvalue weighted by Crippen LogP contribution is 2.22. The van der Waals surface area contributed by atoms with E-state index in [0.29, 0.717) is 32.0 Å². The minimum absolute atomic E-state index is 0.204. The maximum atomic E-state index is 14.3. The van der Waals surface area contributed by atoms with Crippen LogP contribution in [-0.2, 0) is 11.3 Å². The number of morpholine rings is 1. The molecule has 1 unspecified atom stereocenters. The first kappa shape index (κ1) is 16.4. The minimum atomic E-state index is -0.529. The molecule has 0 radical (unpaired) electrons. The van der Waals surface area contributed by atoms with Crippen LogP contribution in [0.1, 0.15) is 17.2 Å². The van der Waals surface area contributed by atoms with Gasteiger partial charge in [0.1, 0.15) is 5.82 Å². The Morgan fingerprint density at radius 2 is 2.13 bits per heavy atom. The number of hydrogen-bond donors (Lipinski definition) is 2. The van der Waals surface area contributed by atoms with Gasteiger partial charge in [0, 0.05) is 26.2 Å². The Balaban J connectivity index is 1.53. The number of rotatable bonds is 6. The zero-order valence-electron chi connectivity index (χ0n) is 12.9. The average molecular weight is 336 g/mol. The molecule has 2 aromatic rings. The molecule has 1 aliphatic heterocycles. The predicted octanol–water partition coefficient (Wildman–Crippen LogP) is 2.55. The number of aliphatic hydroxyl groups excluding tert-OH is 1. The second kappa shape index (κ2) is 7.88. The summed E-state index contributed by atoms with van der Waals surface area (Å²) in [6.45, 7) is 3.71. The number of hydrogen-bond acceptors (Lipinski definition) is 5. The van der Waals surface area contributed by atoms with Crippen LogP contribution in [0, 0.1) is 5.82 Å². The molecule has 0 bridgehead atoms. The number of nitrogens with one attached hydrogen (secondary N) is 1. The lowest BCUT2D eigenvalue weighted by atomic mass is 10.1. The second-order valence-electron chi connectivity index (χ2n) is 5.59. The highest BCUT2D eigenvalue weighted by molar-refractivity contribution is 7.07. The topological polar surface area (TPSA) is 44.7 Å². The van der Waals surface area contributed by atoms with E-state index in [-0.39, 0.29) is 5.82 Å². The van der Waals surface area contributed by atoms with Crippen LogP contribution >= 0.6 is 11.3 Å². The van der Waals surface area contributed by atoms with E-state index in [1.807, 2.05) is 33.9 Å². The number of thiophene rings is 1. The monoisotopic (exact) mass is 336 g/mol. The van der Waals surface area contributed by atoms with E-state index in [0.717, 1.165) is 24.2 Å². The van der Waals surface area contributed by atoms with E-state index >= 15 is 0 Å². The lowest BCUT2D eigenvalue weighted by molar-refractivity contribution is 0.122. The first-order valence-corrected chi connectivity index (χ1v) is 8.70. The fourth-order valence-corrected chi connectivity index (χ4v) is 3.36. The molecule has 2 heterocycles. The van der Waals surface area contributed by atoms with Crippen molar-refractivity contribution < 1.29 is 14.2 Å². The van der Waals surface area contributed by atoms with Gasteiger partial charge in [0.15, 0.2) is 0 Å². The fourth-order valence-electron chi connectivity index (χ4n) is 2.66. The lowest BCUT2D eigenvalue weighted by Crippen LogP contribution is -2.36. The molecule has 6 heteroatoms. The van der Waals surface area contributed by atoms with Gasteiger partial charge in [-0.3, -0.25) is 0 Å². The van der Waals surface area contributed by atoms with Crippen molar-refractivity contribution in [1.29, 1.82) is 0 Å². The smallest absolute Gasteiger partial charge is 0.146 e. The first-order valence-electron chi connectivity index (χ1n) is 7.76. The first-order chi connectivity index (χ1) is 11.2. The van der Waals surface area contributed by atoms with Crippen LogP contribution in [0.4, 0.5) is 10.1 Å². The largest absolute Gasteiger partial charge is 0.387 e. The van der Waals surface area contributed by atoms with Gasteiger partial charge in [0.25, 0.3) is 0 Å². The molecule has 0 saturated carbocycles. The molecular formula is C17H21FN2O2S. The van der Waals surface area contributed by atoms with Crippen molar-refractivity contribution in [2.24, 2.45) is 0 Å². The van der Waals surface area contributed by atoms with Crippen LogP contribution in [0.5, 0.6) is 0 Å². The zero-order valence-corrected chi connectivity index (χ0v) is 13.7. The Morgan fingerprint density at radius 3 is 2.83 bits per heavy atom. The molecule has 1 aliphatic rings. The Morgan fingerprint density at radius 1 is 1.30 bits per heavy atom. The summed E-state index contributed by atoms with van der Waals surface area (Å²) in [7, 11) is 0. The predicted molar refractivity (Wildman–Crippen MR) is 90.4 cm³/mol. The number of aliphatic hydroxyl groups is 1. The van der Waals surface area contributed by atoms with Crippen LogP contribution < -0.4 is 10.2 Å². The maximum absolute atomic E-state index is 14.3. The maximum Gasteiger partial charge on any atom is 0.146 e. The van der Waals surface area contributed by atoms with Crippen LogP contribution in [0.15, 0.2) is 35.0 Å². The van der Waals surface area contributed by atoms with Crippen molar-refractivity contribution in [2.45, 2.75) is 12.6 Å². The van der Waals surface area contributed by atoms with Gasteiger partial charge in [-0.05, 0) is 40.1 Å². The van der Waals surface area contributed by atoms with Gasteiger partial charge in [-0.2, -0.15) is 11.3 Å². The normalized spacial score (nSPS) is 16.5. The number of anilines is 1.